The summed E-state index contributed by atoms with van der Waals surface area (Å²) in [5.74, 6) is 2.07. The fourth-order valence-corrected chi connectivity index (χ4v) is 2.97. The van der Waals surface area contributed by atoms with Gasteiger partial charge in [0.1, 0.15) is 0 Å². The summed E-state index contributed by atoms with van der Waals surface area (Å²) >= 11 is 0. The molecule has 1 aromatic rings. The normalized spacial score (nSPS) is 21.0. The SMILES string of the molecule is Cc1cn(C2CC2)c(NCCC2CCCC2)n1. The summed E-state index contributed by atoms with van der Waals surface area (Å²) in [5.41, 5.74) is 1.14. The van der Waals surface area contributed by atoms with Gasteiger partial charge in [0.25, 0.3) is 0 Å². The minimum atomic E-state index is 0.727. The molecule has 0 spiro atoms. The molecule has 2 saturated carbocycles. The molecule has 3 nitrogen and oxygen atoms in total. The Balaban J connectivity index is 1.53. The molecule has 0 saturated heterocycles. The van der Waals surface area contributed by atoms with Crippen molar-refractivity contribution >= 4 is 5.95 Å². The van der Waals surface area contributed by atoms with Crippen molar-refractivity contribution in [2.24, 2.45) is 5.92 Å². The second kappa shape index (κ2) is 4.71. The van der Waals surface area contributed by atoms with Gasteiger partial charge in [-0.25, -0.2) is 4.98 Å². The number of rotatable bonds is 5. The topological polar surface area (TPSA) is 29.9 Å². The maximum Gasteiger partial charge on any atom is 0.203 e. The summed E-state index contributed by atoms with van der Waals surface area (Å²) in [7, 11) is 0. The zero-order chi connectivity index (χ0) is 11.7. The highest BCUT2D eigenvalue weighted by Gasteiger charge is 2.26. The first kappa shape index (κ1) is 11.1. The Labute approximate surface area is 104 Å². The van der Waals surface area contributed by atoms with E-state index in [9.17, 15) is 0 Å². The fourth-order valence-electron chi connectivity index (χ4n) is 2.97. The lowest BCUT2D eigenvalue weighted by molar-refractivity contribution is 0.517. The van der Waals surface area contributed by atoms with Crippen molar-refractivity contribution in [3.63, 3.8) is 0 Å². The molecule has 0 unspecified atom stereocenters. The summed E-state index contributed by atoms with van der Waals surface area (Å²) < 4.78 is 2.34. The van der Waals surface area contributed by atoms with Crippen LogP contribution in [-0.2, 0) is 0 Å². The average molecular weight is 233 g/mol. The maximum absolute atomic E-state index is 4.59. The Hall–Kier alpha value is -0.990. The van der Waals surface area contributed by atoms with Crippen LogP contribution in [0.3, 0.4) is 0 Å². The summed E-state index contributed by atoms with van der Waals surface area (Å²) in [6.45, 7) is 3.18. The Morgan fingerprint density at radius 2 is 2.06 bits per heavy atom. The summed E-state index contributed by atoms with van der Waals surface area (Å²) in [6.07, 6.45) is 11.9. The van der Waals surface area contributed by atoms with E-state index >= 15 is 0 Å². The third-order valence-corrected chi connectivity index (χ3v) is 4.10. The van der Waals surface area contributed by atoms with Crippen LogP contribution in [0.15, 0.2) is 6.20 Å². The third-order valence-electron chi connectivity index (χ3n) is 4.10. The van der Waals surface area contributed by atoms with E-state index in [0.717, 1.165) is 30.1 Å². The zero-order valence-electron chi connectivity index (χ0n) is 10.8. The Morgan fingerprint density at radius 3 is 2.76 bits per heavy atom. The first-order valence-electron chi connectivity index (χ1n) is 7.12. The number of nitrogens with zero attached hydrogens (tertiary/aromatic N) is 2. The van der Waals surface area contributed by atoms with Crippen LogP contribution in [0, 0.1) is 12.8 Å². The van der Waals surface area contributed by atoms with Gasteiger partial charge in [-0.3, -0.25) is 0 Å². The zero-order valence-corrected chi connectivity index (χ0v) is 10.8. The molecule has 0 atom stereocenters. The quantitative estimate of drug-likeness (QED) is 0.843. The molecule has 3 heteroatoms. The molecule has 1 N–H and O–H groups in total. The summed E-state index contributed by atoms with van der Waals surface area (Å²) in [4.78, 5) is 4.59. The van der Waals surface area contributed by atoms with E-state index in [-0.39, 0.29) is 0 Å². The van der Waals surface area contributed by atoms with Gasteiger partial charge >= 0.3 is 0 Å². The molecule has 0 amide bonds. The number of hydrogen-bond donors (Lipinski definition) is 1. The van der Waals surface area contributed by atoms with Gasteiger partial charge in [0.05, 0.1) is 5.69 Å². The molecule has 0 aliphatic heterocycles. The lowest BCUT2D eigenvalue weighted by atomic mass is 10.0. The van der Waals surface area contributed by atoms with Crippen LogP contribution in [0.25, 0.3) is 0 Å². The molecular formula is C14H23N3. The second-order valence-corrected chi connectivity index (χ2v) is 5.71. The molecule has 2 aliphatic rings. The molecular weight excluding hydrogens is 210 g/mol. The van der Waals surface area contributed by atoms with Crippen LogP contribution in [0.1, 0.15) is 56.7 Å². The molecule has 2 aliphatic carbocycles. The van der Waals surface area contributed by atoms with Crippen molar-refractivity contribution in [1.29, 1.82) is 0 Å². The molecule has 0 bridgehead atoms. The van der Waals surface area contributed by atoms with E-state index in [1.807, 2.05) is 0 Å². The standard InChI is InChI=1S/C14H23N3/c1-11-10-17(13-6-7-13)14(16-11)15-9-8-12-4-2-3-5-12/h10,12-13H,2-9H2,1H3,(H,15,16). The average Bonchev–Trinajstić information content (AvgIpc) is 2.90. The smallest absolute Gasteiger partial charge is 0.203 e. The van der Waals surface area contributed by atoms with E-state index in [4.69, 9.17) is 0 Å². The van der Waals surface area contributed by atoms with Gasteiger partial charge in [-0.2, -0.15) is 0 Å². The molecule has 1 heterocycles. The van der Waals surface area contributed by atoms with Crippen molar-refractivity contribution < 1.29 is 0 Å². The van der Waals surface area contributed by atoms with E-state index in [1.54, 1.807) is 0 Å². The third kappa shape index (κ3) is 2.64. The second-order valence-electron chi connectivity index (χ2n) is 5.71. The van der Waals surface area contributed by atoms with Gasteiger partial charge in [-0.15, -0.1) is 0 Å². The van der Waals surface area contributed by atoms with Crippen molar-refractivity contribution in [2.45, 2.75) is 57.9 Å². The van der Waals surface area contributed by atoms with Crippen LogP contribution < -0.4 is 5.32 Å². The van der Waals surface area contributed by atoms with Crippen LogP contribution in [0.5, 0.6) is 0 Å². The van der Waals surface area contributed by atoms with Crippen molar-refractivity contribution in [1.82, 2.24) is 9.55 Å². The van der Waals surface area contributed by atoms with Crippen LogP contribution >= 0.6 is 0 Å². The van der Waals surface area contributed by atoms with E-state index < -0.39 is 0 Å². The molecule has 0 aromatic carbocycles. The number of hydrogen-bond acceptors (Lipinski definition) is 2. The highest BCUT2D eigenvalue weighted by atomic mass is 15.2. The van der Waals surface area contributed by atoms with Gasteiger partial charge < -0.3 is 9.88 Å². The van der Waals surface area contributed by atoms with Crippen molar-refractivity contribution in [3.8, 4) is 0 Å². The first-order valence-corrected chi connectivity index (χ1v) is 7.12. The minimum Gasteiger partial charge on any atom is -0.356 e. The predicted octanol–water partition coefficient (Wildman–Crippen LogP) is 3.52. The maximum atomic E-state index is 4.59. The lowest BCUT2D eigenvalue weighted by Crippen LogP contribution is -2.10. The van der Waals surface area contributed by atoms with E-state index in [2.05, 4.69) is 28.0 Å². The number of imidazole rings is 1. The van der Waals surface area contributed by atoms with Gasteiger partial charge in [-0.1, -0.05) is 25.7 Å². The Kier molecular flexibility index (Phi) is 3.08. The highest BCUT2D eigenvalue weighted by Crippen LogP contribution is 2.37. The van der Waals surface area contributed by atoms with Gasteiger partial charge in [-0.05, 0) is 32.1 Å². The minimum absolute atomic E-state index is 0.727. The monoisotopic (exact) mass is 233 g/mol. The molecule has 94 valence electrons. The van der Waals surface area contributed by atoms with Gasteiger partial charge in [0.2, 0.25) is 5.95 Å². The number of aryl methyl sites for hydroxylation is 1. The van der Waals surface area contributed by atoms with Crippen LogP contribution in [0.2, 0.25) is 0 Å². The Morgan fingerprint density at radius 1 is 1.29 bits per heavy atom. The summed E-state index contributed by atoms with van der Waals surface area (Å²) in [5, 5.41) is 3.53. The van der Waals surface area contributed by atoms with Crippen molar-refractivity contribution in [3.05, 3.63) is 11.9 Å². The van der Waals surface area contributed by atoms with Gasteiger partial charge in [0, 0.05) is 18.8 Å². The van der Waals surface area contributed by atoms with E-state index in [1.165, 1.54) is 44.9 Å². The van der Waals surface area contributed by atoms with Crippen molar-refractivity contribution in [2.75, 3.05) is 11.9 Å². The molecule has 17 heavy (non-hydrogen) atoms. The molecule has 0 radical (unpaired) electrons. The number of anilines is 1. The molecule has 3 rings (SSSR count). The lowest BCUT2D eigenvalue weighted by Gasteiger charge is -2.11. The molecule has 2 fully saturated rings. The Bertz CT molecular complexity index is 373. The highest BCUT2D eigenvalue weighted by molar-refractivity contribution is 5.30. The molecule has 1 aromatic heterocycles. The fraction of sp³-hybridized carbons (Fsp3) is 0.786. The van der Waals surface area contributed by atoms with Crippen LogP contribution in [-0.4, -0.2) is 16.1 Å². The predicted molar refractivity (Wildman–Crippen MR) is 70.3 cm³/mol. The first-order chi connectivity index (χ1) is 8.33. The van der Waals surface area contributed by atoms with Crippen LogP contribution in [0.4, 0.5) is 5.95 Å². The summed E-state index contributed by atoms with van der Waals surface area (Å²) in [6, 6.07) is 0.727. The largest absolute Gasteiger partial charge is 0.356 e. The number of nitrogens with one attached hydrogen (secondary N) is 1. The van der Waals surface area contributed by atoms with Gasteiger partial charge in [0.15, 0.2) is 0 Å². The number of aromatic nitrogens is 2. The van der Waals surface area contributed by atoms with E-state index in [0.29, 0.717) is 0 Å².